The molecule has 30 heavy (non-hydrogen) atoms. The minimum absolute atomic E-state index is 0.00648. The molecule has 0 aromatic heterocycles. The summed E-state index contributed by atoms with van der Waals surface area (Å²) in [5.74, 6) is -0.277. The predicted molar refractivity (Wildman–Crippen MR) is 104 cm³/mol. The van der Waals surface area contributed by atoms with Crippen molar-refractivity contribution in [2.75, 3.05) is 19.7 Å². The number of likely N-dealkylation sites (tertiary alicyclic amines) is 1. The first-order valence-corrected chi connectivity index (χ1v) is 10.1. The van der Waals surface area contributed by atoms with Crippen molar-refractivity contribution in [3.05, 3.63) is 28.3 Å². The van der Waals surface area contributed by atoms with Gasteiger partial charge < -0.3 is 19.2 Å². The molecule has 2 N–H and O–H groups in total. The number of halogens is 1. The fourth-order valence-corrected chi connectivity index (χ4v) is 2.84. The molecule has 0 radical (unpaired) electrons. The Bertz CT molecular complexity index is 809. The van der Waals surface area contributed by atoms with E-state index in [9.17, 15) is 19.1 Å². The minimum Gasteiger partial charge on any atom is -0.483 e. The van der Waals surface area contributed by atoms with Crippen LogP contribution in [-0.2, 0) is 16.0 Å². The molecule has 1 aliphatic rings. The summed E-state index contributed by atoms with van der Waals surface area (Å²) >= 11 is -2.47. The molecular weight excluding hydrogens is 425 g/mol. The number of rotatable bonds is 7. The van der Waals surface area contributed by atoms with Crippen molar-refractivity contribution in [2.24, 2.45) is 0 Å². The number of nitro benzene ring substituents is 1. The topological polar surface area (TPSA) is 140 Å². The third-order valence-corrected chi connectivity index (χ3v) is 4.38. The van der Waals surface area contributed by atoms with Crippen LogP contribution in [0.25, 0.3) is 0 Å². The molecule has 1 aliphatic heterocycles. The van der Waals surface area contributed by atoms with E-state index < -0.39 is 45.8 Å². The molecule has 1 heterocycles. The molecule has 1 atom stereocenters. The monoisotopic (exact) mass is 449 g/mol. The Hall–Kier alpha value is -2.51. The van der Waals surface area contributed by atoms with Gasteiger partial charge in [-0.1, -0.05) is 0 Å². The average Bonchev–Trinajstić information content (AvgIpc) is 2.64. The van der Waals surface area contributed by atoms with Crippen molar-refractivity contribution in [2.45, 2.75) is 44.9 Å². The van der Waals surface area contributed by atoms with E-state index in [2.05, 4.69) is 0 Å². The molecule has 0 aliphatic carbocycles. The van der Waals surface area contributed by atoms with E-state index in [4.69, 9.17) is 18.9 Å². The summed E-state index contributed by atoms with van der Waals surface area (Å²) in [6.45, 7) is 5.05. The van der Waals surface area contributed by atoms with Gasteiger partial charge in [-0.05, 0) is 37.8 Å². The van der Waals surface area contributed by atoms with Gasteiger partial charge in [0.05, 0.1) is 11.0 Å². The Morgan fingerprint density at radius 2 is 2.03 bits per heavy atom. The van der Waals surface area contributed by atoms with Gasteiger partial charge in [0.25, 0.3) is 11.3 Å². The van der Waals surface area contributed by atoms with Gasteiger partial charge in [-0.25, -0.2) is 13.4 Å². The van der Waals surface area contributed by atoms with E-state index in [-0.39, 0.29) is 37.4 Å². The van der Waals surface area contributed by atoms with Crippen molar-refractivity contribution in [1.82, 2.24) is 9.79 Å². The molecule has 1 aromatic carbocycles. The Balaban J connectivity index is 1.97. The zero-order valence-electron chi connectivity index (χ0n) is 16.8. The highest BCUT2D eigenvalue weighted by Crippen LogP contribution is 2.34. The lowest BCUT2D eigenvalue weighted by Gasteiger charge is -2.36. The predicted octanol–water partition coefficient (Wildman–Crippen LogP) is 2.73. The summed E-state index contributed by atoms with van der Waals surface area (Å²) in [6.07, 6.45) is -0.532. The van der Waals surface area contributed by atoms with E-state index in [0.717, 1.165) is 6.07 Å². The second-order valence-corrected chi connectivity index (χ2v) is 8.39. The number of nitro groups is 1. The second-order valence-electron chi connectivity index (χ2n) is 7.73. The van der Waals surface area contributed by atoms with Crippen LogP contribution in [0.5, 0.6) is 11.5 Å². The smallest absolute Gasteiger partial charge is 0.410 e. The van der Waals surface area contributed by atoms with E-state index in [1.807, 2.05) is 0 Å². The van der Waals surface area contributed by atoms with Crippen molar-refractivity contribution in [1.29, 1.82) is 0 Å². The van der Waals surface area contributed by atoms with Crippen molar-refractivity contribution in [3.8, 4) is 11.5 Å². The lowest BCUT2D eigenvalue weighted by Crippen LogP contribution is -2.48. The molecule has 11 nitrogen and oxygen atoms in total. The van der Waals surface area contributed by atoms with E-state index in [1.54, 1.807) is 25.7 Å². The summed E-state index contributed by atoms with van der Waals surface area (Å²) in [6, 6.07) is 3.44. The number of amides is 1. The van der Waals surface area contributed by atoms with Gasteiger partial charge >= 0.3 is 11.8 Å². The maximum absolute atomic E-state index is 15.1. The van der Waals surface area contributed by atoms with Gasteiger partial charge in [0.15, 0.2) is 11.5 Å². The highest BCUT2D eigenvalue weighted by Gasteiger charge is 2.38. The van der Waals surface area contributed by atoms with Gasteiger partial charge in [-0.3, -0.25) is 14.7 Å². The normalized spacial score (nSPS) is 17.2. The Morgan fingerprint density at radius 1 is 1.40 bits per heavy atom. The molecular formula is C17H24FN3O8S. The van der Waals surface area contributed by atoms with E-state index >= 15 is 4.39 Å². The highest BCUT2D eigenvalue weighted by molar-refractivity contribution is 7.76. The first-order valence-electron chi connectivity index (χ1n) is 9.00. The Morgan fingerprint density at radius 3 is 2.57 bits per heavy atom. The maximum atomic E-state index is 15.1. The maximum Gasteiger partial charge on any atom is 0.410 e. The largest absolute Gasteiger partial charge is 0.483 e. The lowest BCUT2D eigenvalue weighted by atomic mass is 9.94. The average molecular weight is 449 g/mol. The number of piperidine rings is 1. The number of alkyl halides is 1. The molecule has 0 saturated carbocycles. The number of hydrogen-bond donors (Lipinski definition) is 2. The third-order valence-electron chi connectivity index (χ3n) is 4.16. The third kappa shape index (κ3) is 7.07. The van der Waals surface area contributed by atoms with Crippen LogP contribution in [-0.4, -0.2) is 55.6 Å². The van der Waals surface area contributed by atoms with Crippen molar-refractivity contribution in [3.63, 3.8) is 0 Å². The first kappa shape index (κ1) is 23.8. The van der Waals surface area contributed by atoms with Crippen LogP contribution in [0.1, 0.15) is 33.6 Å². The van der Waals surface area contributed by atoms with E-state index in [1.165, 1.54) is 17.0 Å². The number of carbonyl (C=O) groups excluding carboxylic acids is 1. The molecule has 1 unspecified atom stereocenters. The van der Waals surface area contributed by atoms with Gasteiger partial charge in [-0.2, -0.15) is 0 Å². The Labute approximate surface area is 175 Å². The fourth-order valence-electron chi connectivity index (χ4n) is 2.68. The summed E-state index contributed by atoms with van der Waals surface area (Å²) in [7, 11) is 0. The van der Waals surface area contributed by atoms with Crippen molar-refractivity contribution < 1.29 is 37.2 Å². The molecule has 1 amide bonds. The molecule has 13 heteroatoms. The number of ether oxygens (including phenoxy) is 2. The summed E-state index contributed by atoms with van der Waals surface area (Å²) in [4.78, 5) is 30.4. The van der Waals surface area contributed by atoms with E-state index in [0.29, 0.717) is 0 Å². The van der Waals surface area contributed by atoms with Gasteiger partial charge in [0.2, 0.25) is 0 Å². The van der Waals surface area contributed by atoms with Gasteiger partial charge in [-0.15, -0.1) is 0 Å². The molecule has 1 fully saturated rings. The summed E-state index contributed by atoms with van der Waals surface area (Å²) in [5.41, 5.74) is -2.91. The molecule has 0 bridgehead atoms. The van der Waals surface area contributed by atoms with Crippen molar-refractivity contribution >= 4 is 23.0 Å². The number of benzene rings is 1. The Kier molecular flexibility index (Phi) is 7.55. The van der Waals surface area contributed by atoms with Crippen LogP contribution in [0.2, 0.25) is 0 Å². The van der Waals surface area contributed by atoms with Gasteiger partial charge in [0, 0.05) is 25.9 Å². The number of nitrogens with one attached hydrogen (secondary N) is 1. The van der Waals surface area contributed by atoms with Crippen LogP contribution in [0, 0.1) is 10.1 Å². The summed E-state index contributed by atoms with van der Waals surface area (Å²) < 4.78 is 44.9. The second kappa shape index (κ2) is 9.53. The zero-order chi connectivity index (χ0) is 22.5. The quantitative estimate of drug-likeness (QED) is 0.368. The van der Waals surface area contributed by atoms with Crippen LogP contribution >= 0.6 is 0 Å². The standard InChI is InChI=1S/C17H24FN3O8S/c1-16(2,3)28-15(22)20-8-6-17(18,7-9-20)11-27-14-5-4-12(29-19-30(25)26)10-13(14)21(23)24/h4-5,10,19H,6-9,11H2,1-3H3,(H,25,26). The fraction of sp³-hybridized carbons (Fsp3) is 0.588. The molecule has 1 aromatic rings. The van der Waals surface area contributed by atoms with Crippen LogP contribution < -0.4 is 14.5 Å². The molecule has 168 valence electrons. The van der Waals surface area contributed by atoms with Crippen LogP contribution in [0.15, 0.2) is 18.2 Å². The SMILES string of the molecule is CC(C)(C)OC(=O)N1CCC(F)(COc2ccc(ONS(=O)O)cc2[N+](=O)[O-])CC1. The molecule has 0 spiro atoms. The summed E-state index contributed by atoms with van der Waals surface area (Å²) in [5, 5.41) is 11.3. The number of carbonyl (C=O) groups is 1. The van der Waals surface area contributed by atoms with Gasteiger partial charge in [0.1, 0.15) is 17.9 Å². The van der Waals surface area contributed by atoms with Crippen LogP contribution in [0.3, 0.4) is 0 Å². The molecule has 1 saturated heterocycles. The molecule has 2 rings (SSSR count). The number of hydrogen-bond acceptors (Lipinski definition) is 7. The first-order chi connectivity index (χ1) is 13.9. The minimum atomic E-state index is -2.47. The lowest BCUT2D eigenvalue weighted by molar-refractivity contribution is -0.386. The number of nitrogens with zero attached hydrogens (tertiary/aromatic N) is 2. The highest BCUT2D eigenvalue weighted by atomic mass is 32.2. The zero-order valence-corrected chi connectivity index (χ0v) is 17.6. The van der Waals surface area contributed by atoms with Crippen LogP contribution in [0.4, 0.5) is 14.9 Å².